The Hall–Kier alpha value is -2.89. The number of esters is 1. The SMILES string of the molecule is CC/C=C\C/C=C\C/C=C\C/C=C\CCCCC(=O)OC(/C=C\CCCCCCCC)CCCCCCC(=O)NCC(=O)O. The second-order valence-corrected chi connectivity index (χ2v) is 11.4. The highest BCUT2D eigenvalue weighted by atomic mass is 16.5. The fourth-order valence-corrected chi connectivity index (χ4v) is 4.59. The third-order valence-corrected chi connectivity index (χ3v) is 7.16. The van der Waals surface area contributed by atoms with E-state index in [2.05, 4.69) is 79.9 Å². The number of ether oxygens (including phenoxy) is 1. The molecule has 6 nitrogen and oxygen atoms in total. The van der Waals surface area contributed by atoms with E-state index in [1.165, 1.54) is 38.5 Å². The minimum Gasteiger partial charge on any atom is -0.480 e. The lowest BCUT2D eigenvalue weighted by Gasteiger charge is -2.15. The molecule has 0 bridgehead atoms. The van der Waals surface area contributed by atoms with Crippen LogP contribution in [0.1, 0.15) is 149 Å². The Balaban J connectivity index is 4.29. The van der Waals surface area contributed by atoms with E-state index in [-0.39, 0.29) is 24.5 Å². The van der Waals surface area contributed by atoms with E-state index in [0.717, 1.165) is 83.5 Å². The number of hydrogen-bond donors (Lipinski definition) is 2. The molecule has 0 aromatic carbocycles. The lowest BCUT2D eigenvalue weighted by molar-refractivity contribution is -0.147. The predicted octanol–water partition coefficient (Wildman–Crippen LogP) is 10.1. The summed E-state index contributed by atoms with van der Waals surface area (Å²) in [6.07, 6.45) is 42.0. The molecule has 1 amide bonds. The number of hydrogen-bond acceptors (Lipinski definition) is 4. The van der Waals surface area contributed by atoms with Crippen molar-refractivity contribution < 1.29 is 24.2 Å². The van der Waals surface area contributed by atoms with E-state index in [1.807, 2.05) is 0 Å². The average Bonchev–Trinajstić information content (AvgIpc) is 3.00. The minimum absolute atomic E-state index is 0.125. The monoisotopic (exact) mass is 613 g/mol. The van der Waals surface area contributed by atoms with Gasteiger partial charge in [0, 0.05) is 12.8 Å². The maximum atomic E-state index is 12.6. The van der Waals surface area contributed by atoms with Crippen LogP contribution in [-0.2, 0) is 19.1 Å². The van der Waals surface area contributed by atoms with E-state index in [9.17, 15) is 14.4 Å². The van der Waals surface area contributed by atoms with Crippen molar-refractivity contribution in [3.8, 4) is 0 Å². The van der Waals surface area contributed by atoms with Gasteiger partial charge >= 0.3 is 11.9 Å². The van der Waals surface area contributed by atoms with Gasteiger partial charge in [0.05, 0.1) is 0 Å². The molecule has 0 saturated carbocycles. The molecule has 0 aromatic heterocycles. The van der Waals surface area contributed by atoms with Crippen molar-refractivity contribution in [1.82, 2.24) is 5.32 Å². The Labute approximate surface area is 269 Å². The van der Waals surface area contributed by atoms with Gasteiger partial charge in [-0.25, -0.2) is 0 Å². The summed E-state index contributed by atoms with van der Waals surface area (Å²) >= 11 is 0. The molecule has 0 spiro atoms. The van der Waals surface area contributed by atoms with Crippen LogP contribution in [0.15, 0.2) is 60.8 Å². The summed E-state index contributed by atoms with van der Waals surface area (Å²) in [5.74, 6) is -1.38. The Morgan fingerprint density at radius 2 is 1.18 bits per heavy atom. The minimum atomic E-state index is -1.03. The Bertz CT molecular complexity index is 855. The molecule has 0 aliphatic heterocycles. The molecule has 2 N–H and O–H groups in total. The number of nitrogens with one attached hydrogen (secondary N) is 1. The molecule has 44 heavy (non-hydrogen) atoms. The van der Waals surface area contributed by atoms with Crippen molar-refractivity contribution in [3.63, 3.8) is 0 Å². The van der Waals surface area contributed by atoms with E-state index in [1.54, 1.807) is 0 Å². The molecule has 0 heterocycles. The highest BCUT2D eigenvalue weighted by molar-refractivity contribution is 5.80. The first kappa shape index (κ1) is 41.1. The zero-order chi connectivity index (χ0) is 32.4. The molecule has 1 atom stereocenters. The molecule has 0 fully saturated rings. The van der Waals surface area contributed by atoms with Crippen molar-refractivity contribution in [1.29, 1.82) is 0 Å². The number of carboxylic acid groups (broad SMARTS) is 1. The lowest BCUT2D eigenvalue weighted by atomic mass is 10.1. The number of allylic oxidation sites excluding steroid dienone is 9. The first-order chi connectivity index (χ1) is 21.5. The summed E-state index contributed by atoms with van der Waals surface area (Å²) in [7, 11) is 0. The van der Waals surface area contributed by atoms with Gasteiger partial charge in [-0.3, -0.25) is 14.4 Å². The molecular formula is C38H63NO5. The van der Waals surface area contributed by atoms with Crippen LogP contribution in [-0.4, -0.2) is 35.6 Å². The van der Waals surface area contributed by atoms with Gasteiger partial charge in [-0.2, -0.15) is 0 Å². The number of unbranched alkanes of at least 4 members (excludes halogenated alkanes) is 11. The van der Waals surface area contributed by atoms with Crippen molar-refractivity contribution >= 4 is 17.8 Å². The van der Waals surface area contributed by atoms with Gasteiger partial charge in [0.15, 0.2) is 0 Å². The largest absolute Gasteiger partial charge is 0.480 e. The van der Waals surface area contributed by atoms with Gasteiger partial charge < -0.3 is 15.2 Å². The Kier molecular flexibility index (Phi) is 30.8. The fraction of sp³-hybridized carbons (Fsp3) is 0.658. The van der Waals surface area contributed by atoms with Gasteiger partial charge in [-0.1, -0.05) is 113 Å². The number of aliphatic carboxylic acids is 1. The van der Waals surface area contributed by atoms with Crippen LogP contribution in [0, 0.1) is 0 Å². The number of rotatable bonds is 30. The maximum absolute atomic E-state index is 12.6. The average molecular weight is 614 g/mol. The third-order valence-electron chi connectivity index (χ3n) is 7.16. The number of carboxylic acids is 1. The zero-order valence-corrected chi connectivity index (χ0v) is 28.0. The first-order valence-corrected chi connectivity index (χ1v) is 17.4. The molecule has 0 radical (unpaired) electrons. The van der Waals surface area contributed by atoms with Crippen molar-refractivity contribution in [2.75, 3.05) is 6.54 Å². The topological polar surface area (TPSA) is 92.7 Å². The van der Waals surface area contributed by atoms with Crippen LogP contribution in [0.2, 0.25) is 0 Å². The summed E-state index contributed by atoms with van der Waals surface area (Å²) < 4.78 is 5.85. The zero-order valence-electron chi connectivity index (χ0n) is 28.0. The van der Waals surface area contributed by atoms with Crippen LogP contribution >= 0.6 is 0 Å². The van der Waals surface area contributed by atoms with Crippen molar-refractivity contribution in [2.24, 2.45) is 0 Å². The molecule has 0 rings (SSSR count). The Morgan fingerprint density at radius 1 is 0.636 bits per heavy atom. The summed E-state index contributed by atoms with van der Waals surface area (Å²) in [6.45, 7) is 4.05. The quantitative estimate of drug-likeness (QED) is 0.0478. The molecule has 0 aliphatic rings. The van der Waals surface area contributed by atoms with Crippen LogP contribution in [0.4, 0.5) is 0 Å². The smallest absolute Gasteiger partial charge is 0.322 e. The highest BCUT2D eigenvalue weighted by Crippen LogP contribution is 2.14. The van der Waals surface area contributed by atoms with Crippen molar-refractivity contribution in [2.45, 2.75) is 155 Å². The molecule has 0 aliphatic carbocycles. The van der Waals surface area contributed by atoms with Crippen LogP contribution < -0.4 is 5.32 Å². The molecule has 0 saturated heterocycles. The third kappa shape index (κ3) is 32.0. The summed E-state index contributed by atoms with van der Waals surface area (Å²) in [6, 6.07) is 0. The van der Waals surface area contributed by atoms with Gasteiger partial charge in [-0.05, 0) is 83.1 Å². The number of carbonyl (C=O) groups excluding carboxylic acids is 2. The predicted molar refractivity (Wildman–Crippen MR) is 185 cm³/mol. The molecule has 250 valence electrons. The fourth-order valence-electron chi connectivity index (χ4n) is 4.59. The highest BCUT2D eigenvalue weighted by Gasteiger charge is 2.11. The summed E-state index contributed by atoms with van der Waals surface area (Å²) in [4.78, 5) is 34.8. The molecule has 6 heteroatoms. The van der Waals surface area contributed by atoms with E-state index < -0.39 is 5.97 Å². The van der Waals surface area contributed by atoms with E-state index in [0.29, 0.717) is 12.8 Å². The Morgan fingerprint density at radius 3 is 1.86 bits per heavy atom. The molecule has 1 unspecified atom stereocenters. The second-order valence-electron chi connectivity index (χ2n) is 11.4. The number of carbonyl (C=O) groups is 3. The maximum Gasteiger partial charge on any atom is 0.322 e. The van der Waals surface area contributed by atoms with Crippen LogP contribution in [0.3, 0.4) is 0 Å². The van der Waals surface area contributed by atoms with Gasteiger partial charge in [-0.15, -0.1) is 0 Å². The second kappa shape index (κ2) is 33.0. The van der Waals surface area contributed by atoms with Gasteiger partial charge in [0.2, 0.25) is 5.91 Å². The van der Waals surface area contributed by atoms with Crippen LogP contribution in [0.5, 0.6) is 0 Å². The van der Waals surface area contributed by atoms with E-state index >= 15 is 0 Å². The standard InChI is InChI=1S/C38H63NO5/c1-3-5-7-9-11-13-14-15-16-17-18-19-21-23-29-33-38(43)44-35(30-26-22-20-12-10-8-6-4-2)31-27-24-25-28-32-36(40)39-34-37(41)42/h5,7,11,13,15-16,18-19,26,30,35H,3-4,6,8-10,12,14,17,20-25,27-29,31-34H2,1-2H3,(H,39,40)(H,41,42)/b7-5-,13-11-,16-15-,19-18-,30-26-. The molecule has 0 aromatic rings. The van der Waals surface area contributed by atoms with Gasteiger partial charge in [0.25, 0.3) is 0 Å². The molecular weight excluding hydrogens is 550 g/mol. The van der Waals surface area contributed by atoms with Gasteiger partial charge in [0.1, 0.15) is 12.6 Å². The lowest BCUT2D eigenvalue weighted by Crippen LogP contribution is -2.28. The summed E-state index contributed by atoms with van der Waals surface area (Å²) in [5.41, 5.74) is 0. The summed E-state index contributed by atoms with van der Waals surface area (Å²) in [5, 5.41) is 11.0. The normalized spacial score (nSPS) is 12.8. The van der Waals surface area contributed by atoms with E-state index in [4.69, 9.17) is 9.84 Å². The van der Waals surface area contributed by atoms with Crippen LogP contribution in [0.25, 0.3) is 0 Å². The van der Waals surface area contributed by atoms with Crippen molar-refractivity contribution in [3.05, 3.63) is 60.8 Å². The number of amides is 1. The first-order valence-electron chi connectivity index (χ1n) is 17.4.